The van der Waals surface area contributed by atoms with Crippen LogP contribution in [0.25, 0.3) is 0 Å². The monoisotopic (exact) mass is 439 g/mol. The highest BCUT2D eigenvalue weighted by atomic mass is 79.9. The Kier molecular flexibility index (Phi) is 7.48. The maximum Gasteiger partial charge on any atom is 0.262 e. The zero-order chi connectivity index (χ0) is 19.1. The van der Waals surface area contributed by atoms with E-state index in [2.05, 4.69) is 21.2 Å². The van der Waals surface area contributed by atoms with Crippen LogP contribution in [0, 0.1) is 0 Å². The number of amides is 1. The Morgan fingerprint density at radius 3 is 2.42 bits per heavy atom. The highest BCUT2D eigenvalue weighted by Gasteiger charge is 2.13. The number of hydrogen-bond acceptors (Lipinski definition) is 4. The van der Waals surface area contributed by atoms with Crippen molar-refractivity contribution in [2.45, 2.75) is 20.3 Å². The third kappa shape index (κ3) is 5.47. The summed E-state index contributed by atoms with van der Waals surface area (Å²) in [4.78, 5) is 23.8. The summed E-state index contributed by atoms with van der Waals surface area (Å²) < 4.78 is 11.7. The molecular formula is C19H19BrClNO4. The molecule has 0 bridgehead atoms. The maximum atomic E-state index is 12.2. The molecule has 2 aromatic carbocycles. The third-order valence-corrected chi connectivity index (χ3v) is 4.25. The molecular weight excluding hydrogens is 422 g/mol. The van der Waals surface area contributed by atoms with Crippen molar-refractivity contribution in [1.29, 1.82) is 0 Å². The molecule has 0 unspecified atom stereocenters. The Morgan fingerprint density at radius 1 is 1.12 bits per heavy atom. The largest absolute Gasteiger partial charge is 0.491 e. The van der Waals surface area contributed by atoms with Crippen molar-refractivity contribution in [3.05, 3.63) is 51.5 Å². The van der Waals surface area contributed by atoms with Crippen LogP contribution in [0.1, 0.15) is 30.6 Å². The Morgan fingerprint density at radius 2 is 1.81 bits per heavy atom. The van der Waals surface area contributed by atoms with Crippen molar-refractivity contribution in [3.63, 3.8) is 0 Å². The van der Waals surface area contributed by atoms with Crippen LogP contribution < -0.4 is 14.8 Å². The second-order valence-corrected chi connectivity index (χ2v) is 6.63. The van der Waals surface area contributed by atoms with Crippen LogP contribution >= 0.6 is 27.5 Å². The first-order valence-corrected chi connectivity index (χ1v) is 9.29. The molecule has 0 spiro atoms. The molecule has 0 aliphatic rings. The predicted octanol–water partition coefficient (Wildman–Crippen LogP) is 5.11. The molecule has 0 saturated carbocycles. The van der Waals surface area contributed by atoms with Crippen LogP contribution in [0.2, 0.25) is 5.02 Å². The van der Waals surface area contributed by atoms with Gasteiger partial charge >= 0.3 is 0 Å². The second kappa shape index (κ2) is 9.59. The molecule has 0 fully saturated rings. The lowest BCUT2D eigenvalue weighted by atomic mass is 10.1. The minimum atomic E-state index is -0.353. The van der Waals surface area contributed by atoms with E-state index in [0.717, 1.165) is 0 Å². The van der Waals surface area contributed by atoms with Gasteiger partial charge in [0.2, 0.25) is 0 Å². The van der Waals surface area contributed by atoms with Gasteiger partial charge in [0, 0.05) is 17.0 Å². The molecule has 0 atom stereocenters. The Labute approximate surface area is 165 Å². The molecule has 138 valence electrons. The fraction of sp³-hybridized carbons (Fsp3) is 0.263. The minimum Gasteiger partial charge on any atom is -0.491 e. The van der Waals surface area contributed by atoms with Gasteiger partial charge < -0.3 is 14.8 Å². The van der Waals surface area contributed by atoms with Gasteiger partial charge in [-0.25, -0.2) is 0 Å². The van der Waals surface area contributed by atoms with E-state index < -0.39 is 0 Å². The van der Waals surface area contributed by atoms with Gasteiger partial charge in [0.25, 0.3) is 5.91 Å². The predicted molar refractivity (Wildman–Crippen MR) is 106 cm³/mol. The average Bonchev–Trinajstić information content (AvgIpc) is 2.62. The Hall–Kier alpha value is -2.05. The summed E-state index contributed by atoms with van der Waals surface area (Å²) in [6.07, 6.45) is 0.444. The normalized spacial score (nSPS) is 10.3. The van der Waals surface area contributed by atoms with Crippen LogP contribution in [-0.2, 0) is 4.79 Å². The molecule has 2 rings (SSSR count). The number of anilines is 1. The van der Waals surface area contributed by atoms with E-state index in [9.17, 15) is 9.59 Å². The van der Waals surface area contributed by atoms with Gasteiger partial charge in [-0.2, -0.15) is 0 Å². The van der Waals surface area contributed by atoms with Gasteiger partial charge in [0.05, 0.1) is 16.8 Å². The average molecular weight is 441 g/mol. The summed E-state index contributed by atoms with van der Waals surface area (Å²) in [5.74, 6) is 0.718. The third-order valence-electron chi connectivity index (χ3n) is 3.44. The fourth-order valence-corrected chi connectivity index (χ4v) is 3.15. The van der Waals surface area contributed by atoms with Crippen molar-refractivity contribution < 1.29 is 19.1 Å². The first-order chi connectivity index (χ1) is 12.4. The number of hydrogen-bond donors (Lipinski definition) is 1. The van der Waals surface area contributed by atoms with Crippen molar-refractivity contribution in [2.24, 2.45) is 0 Å². The summed E-state index contributed by atoms with van der Waals surface area (Å²) in [6, 6.07) is 9.99. The van der Waals surface area contributed by atoms with Crippen LogP contribution in [0.15, 0.2) is 40.9 Å². The van der Waals surface area contributed by atoms with E-state index in [1.54, 1.807) is 36.4 Å². The van der Waals surface area contributed by atoms with Gasteiger partial charge in [-0.05, 0) is 59.3 Å². The van der Waals surface area contributed by atoms with Crippen LogP contribution in [0.5, 0.6) is 11.5 Å². The first-order valence-electron chi connectivity index (χ1n) is 8.12. The molecule has 0 saturated heterocycles. The molecule has 0 aromatic heterocycles. The number of halogens is 2. The quantitative estimate of drug-likeness (QED) is 0.579. The van der Waals surface area contributed by atoms with E-state index in [0.29, 0.717) is 45.3 Å². The molecule has 0 heterocycles. The topological polar surface area (TPSA) is 64.6 Å². The molecule has 0 aliphatic heterocycles. The zero-order valence-electron chi connectivity index (χ0n) is 14.5. The summed E-state index contributed by atoms with van der Waals surface area (Å²) in [7, 11) is 0. The van der Waals surface area contributed by atoms with Crippen molar-refractivity contribution >= 4 is 44.9 Å². The number of carbonyl (C=O) groups excluding carboxylic acids is 2. The van der Waals surface area contributed by atoms with Crippen LogP contribution in [0.4, 0.5) is 5.69 Å². The van der Waals surface area contributed by atoms with Crippen LogP contribution in [-0.4, -0.2) is 24.9 Å². The second-order valence-electron chi connectivity index (χ2n) is 5.34. The lowest BCUT2D eigenvalue weighted by Crippen LogP contribution is -2.20. The molecule has 1 N–H and O–H groups in total. The Balaban J connectivity index is 2.00. The number of carbonyl (C=O) groups is 2. The van der Waals surface area contributed by atoms with Gasteiger partial charge in [0.15, 0.2) is 18.1 Å². The van der Waals surface area contributed by atoms with E-state index in [1.807, 2.05) is 13.8 Å². The number of nitrogens with one attached hydrogen (secondary N) is 1. The number of benzene rings is 2. The van der Waals surface area contributed by atoms with Crippen LogP contribution in [0.3, 0.4) is 0 Å². The van der Waals surface area contributed by atoms with Crippen molar-refractivity contribution in [2.75, 3.05) is 18.5 Å². The highest BCUT2D eigenvalue weighted by Crippen LogP contribution is 2.36. The summed E-state index contributed by atoms with van der Waals surface area (Å²) in [5.41, 5.74) is 1.08. The minimum absolute atomic E-state index is 0.0595. The zero-order valence-corrected chi connectivity index (χ0v) is 16.8. The van der Waals surface area contributed by atoms with Gasteiger partial charge in [-0.15, -0.1) is 0 Å². The standard InChI is InChI=1S/C19H19BrClNO4/c1-3-17(23)12-5-7-14(8-6-12)26-11-18(24)22-16-10-13(21)9-15(20)19(16)25-4-2/h5-10H,3-4,11H2,1-2H3,(H,22,24). The molecule has 7 heteroatoms. The molecule has 0 radical (unpaired) electrons. The van der Waals surface area contributed by atoms with Crippen molar-refractivity contribution in [3.8, 4) is 11.5 Å². The lowest BCUT2D eigenvalue weighted by Gasteiger charge is -2.14. The van der Waals surface area contributed by atoms with E-state index in [-0.39, 0.29) is 18.3 Å². The Bertz CT molecular complexity index is 793. The number of Topliss-reactive ketones (excluding diaryl/α,β-unsaturated/α-hetero) is 1. The van der Waals surface area contributed by atoms with Gasteiger partial charge in [-0.3, -0.25) is 9.59 Å². The molecule has 5 nitrogen and oxygen atoms in total. The molecule has 2 aromatic rings. The lowest BCUT2D eigenvalue weighted by molar-refractivity contribution is -0.118. The van der Waals surface area contributed by atoms with E-state index in [1.165, 1.54) is 0 Å². The van der Waals surface area contributed by atoms with Crippen molar-refractivity contribution in [1.82, 2.24) is 0 Å². The fourth-order valence-electron chi connectivity index (χ4n) is 2.22. The van der Waals surface area contributed by atoms with E-state index in [4.69, 9.17) is 21.1 Å². The summed E-state index contributed by atoms with van der Waals surface area (Å²) >= 11 is 9.40. The number of ketones is 1. The highest BCUT2D eigenvalue weighted by molar-refractivity contribution is 9.10. The van der Waals surface area contributed by atoms with Gasteiger partial charge in [0.1, 0.15) is 5.75 Å². The maximum absolute atomic E-state index is 12.2. The smallest absolute Gasteiger partial charge is 0.262 e. The first kappa shape index (κ1) is 20.3. The van der Waals surface area contributed by atoms with E-state index >= 15 is 0 Å². The number of ether oxygens (including phenoxy) is 2. The number of rotatable bonds is 8. The molecule has 0 aliphatic carbocycles. The molecule has 26 heavy (non-hydrogen) atoms. The van der Waals surface area contributed by atoms with Gasteiger partial charge in [-0.1, -0.05) is 18.5 Å². The summed E-state index contributed by atoms with van der Waals surface area (Å²) in [6.45, 7) is 3.92. The SMILES string of the molecule is CCOc1c(Br)cc(Cl)cc1NC(=O)COc1ccc(C(=O)CC)cc1. The molecule has 1 amide bonds. The summed E-state index contributed by atoms with van der Waals surface area (Å²) in [5, 5.41) is 3.19.